The van der Waals surface area contributed by atoms with Gasteiger partial charge < -0.3 is 10.6 Å². The summed E-state index contributed by atoms with van der Waals surface area (Å²) in [4.78, 5) is 31.6. The Labute approximate surface area is 246 Å². The van der Waals surface area contributed by atoms with Gasteiger partial charge in [0.15, 0.2) is 11.5 Å². The maximum absolute atomic E-state index is 13.7. The van der Waals surface area contributed by atoms with Crippen LogP contribution in [0.3, 0.4) is 0 Å². The average molecular weight is 623 g/mol. The van der Waals surface area contributed by atoms with Gasteiger partial charge in [-0.3, -0.25) is 9.59 Å². The number of halogens is 6. The summed E-state index contributed by atoms with van der Waals surface area (Å²) in [6.45, 7) is 3.44. The second kappa shape index (κ2) is 11.4. The minimum absolute atomic E-state index is 0.0582. The lowest BCUT2D eigenvalue weighted by Crippen LogP contribution is -2.34. The molecule has 2 N–H and O–H groups in total. The predicted molar refractivity (Wildman–Crippen MR) is 144 cm³/mol. The molecule has 1 aliphatic rings. The van der Waals surface area contributed by atoms with E-state index >= 15 is 0 Å². The highest BCUT2D eigenvalue weighted by molar-refractivity contribution is 6.31. The first-order valence-corrected chi connectivity index (χ1v) is 13.4. The lowest BCUT2D eigenvalue weighted by molar-refractivity contribution is -0.291. The number of aryl methyl sites for hydroxylation is 2. The van der Waals surface area contributed by atoms with Crippen LogP contribution in [0, 0.1) is 19.8 Å². The first-order chi connectivity index (χ1) is 20.2. The van der Waals surface area contributed by atoms with E-state index in [1.807, 2.05) is 0 Å². The highest BCUT2D eigenvalue weighted by Gasteiger charge is 2.60. The monoisotopic (exact) mass is 622 g/mol. The molecular weight excluding hydrogens is 599 g/mol. The highest BCUT2D eigenvalue weighted by Crippen LogP contribution is 2.42. The van der Waals surface area contributed by atoms with Crippen molar-refractivity contribution in [2.45, 2.75) is 45.3 Å². The van der Waals surface area contributed by atoms with E-state index in [2.05, 4.69) is 30.9 Å². The molecule has 3 aromatic heterocycles. The van der Waals surface area contributed by atoms with Gasteiger partial charge >= 0.3 is 12.1 Å². The average Bonchev–Trinajstić information content (AvgIpc) is 3.48. The molecule has 10 nitrogen and oxygen atoms in total. The van der Waals surface area contributed by atoms with Crippen LogP contribution >= 0.6 is 11.6 Å². The molecule has 16 heteroatoms. The molecule has 1 aliphatic carbocycles. The second-order valence-electron chi connectivity index (χ2n) is 10.2. The van der Waals surface area contributed by atoms with E-state index in [-0.39, 0.29) is 28.5 Å². The Balaban J connectivity index is 1.48. The predicted octanol–water partition coefficient (Wildman–Crippen LogP) is 5.22. The lowest BCUT2D eigenvalue weighted by Gasteiger charge is -2.16. The number of amides is 2. The summed E-state index contributed by atoms with van der Waals surface area (Å²) < 4.78 is 67.0. The van der Waals surface area contributed by atoms with Gasteiger partial charge in [-0.1, -0.05) is 17.7 Å². The lowest BCUT2D eigenvalue weighted by atomic mass is 10.1. The Kier molecular flexibility index (Phi) is 7.94. The van der Waals surface area contributed by atoms with Crippen molar-refractivity contribution in [3.05, 3.63) is 81.5 Å². The highest BCUT2D eigenvalue weighted by atomic mass is 35.5. The number of pyridine rings is 1. The van der Waals surface area contributed by atoms with Crippen molar-refractivity contribution in [3.63, 3.8) is 0 Å². The van der Waals surface area contributed by atoms with Gasteiger partial charge in [0, 0.05) is 17.8 Å². The molecule has 0 unspecified atom stereocenters. The van der Waals surface area contributed by atoms with Gasteiger partial charge in [-0.05, 0) is 68.0 Å². The third-order valence-corrected chi connectivity index (χ3v) is 6.94. The molecule has 0 bridgehead atoms. The number of rotatable bonds is 9. The van der Waals surface area contributed by atoms with Crippen LogP contribution in [-0.4, -0.2) is 54.3 Å². The van der Waals surface area contributed by atoms with E-state index in [9.17, 15) is 31.5 Å². The van der Waals surface area contributed by atoms with Crippen LogP contribution in [0.5, 0.6) is 0 Å². The molecule has 1 fully saturated rings. The van der Waals surface area contributed by atoms with Gasteiger partial charge in [0.25, 0.3) is 11.8 Å². The fraction of sp³-hybridized carbons (Fsp3) is 0.333. The number of alkyl halides is 5. The minimum Gasteiger partial charge on any atom is -0.352 e. The van der Waals surface area contributed by atoms with Crippen molar-refractivity contribution < 1.29 is 31.5 Å². The molecule has 0 saturated heterocycles. The largest absolute Gasteiger partial charge is 0.459 e. The van der Waals surface area contributed by atoms with Crippen LogP contribution in [0.4, 0.5) is 27.6 Å². The van der Waals surface area contributed by atoms with E-state index in [0.717, 1.165) is 12.8 Å². The number of nitrogens with one attached hydrogen (secondary N) is 2. The molecule has 43 heavy (non-hydrogen) atoms. The number of hydrogen-bond donors (Lipinski definition) is 2. The third-order valence-electron chi connectivity index (χ3n) is 6.72. The second-order valence-corrected chi connectivity index (χ2v) is 10.6. The number of hydrogen-bond acceptors (Lipinski definition) is 6. The van der Waals surface area contributed by atoms with Gasteiger partial charge in [0.05, 0.1) is 23.1 Å². The summed E-state index contributed by atoms with van der Waals surface area (Å²) >= 11 is 6.21. The molecule has 0 atom stereocenters. The molecule has 0 spiro atoms. The molecule has 1 aromatic carbocycles. The standard InChI is InChI=1S/C27H24ClF5N8O2/c1-14-4-3-7-34-23(14)41-20(10-18(38-41)13-40-36-12-21(39-40)26(29,30)27(31,32)33)25(43)37-22-15(2)8-17(28)9-19(22)24(42)35-11-16-5-6-16/h3-4,7-10,12,16H,5-6,11,13H2,1-2H3,(H,35,42)(H,37,43). The topological polar surface area (TPSA) is 120 Å². The van der Waals surface area contributed by atoms with E-state index in [1.54, 1.807) is 32.0 Å². The number of aromatic nitrogens is 6. The molecule has 1 saturated carbocycles. The minimum atomic E-state index is -5.86. The summed E-state index contributed by atoms with van der Waals surface area (Å²) in [5.41, 5.74) is -0.0920. The molecule has 0 aliphatic heterocycles. The molecule has 5 rings (SSSR count). The van der Waals surface area contributed by atoms with Gasteiger partial charge in [-0.25, -0.2) is 9.67 Å². The van der Waals surface area contributed by atoms with Crippen LogP contribution in [0.15, 0.2) is 42.7 Å². The van der Waals surface area contributed by atoms with E-state index < -0.39 is 36.2 Å². The van der Waals surface area contributed by atoms with Gasteiger partial charge in [-0.2, -0.15) is 42.0 Å². The fourth-order valence-electron chi connectivity index (χ4n) is 4.26. The number of carbonyl (C=O) groups is 2. The van der Waals surface area contributed by atoms with Crippen molar-refractivity contribution in [2.24, 2.45) is 5.92 Å². The first-order valence-electron chi connectivity index (χ1n) is 13.0. The molecule has 226 valence electrons. The number of benzene rings is 1. The summed E-state index contributed by atoms with van der Waals surface area (Å²) in [7, 11) is 0. The number of anilines is 1. The Morgan fingerprint density at radius 1 is 1.05 bits per heavy atom. The smallest absolute Gasteiger partial charge is 0.352 e. The zero-order valence-electron chi connectivity index (χ0n) is 22.7. The van der Waals surface area contributed by atoms with Crippen LogP contribution in [-0.2, 0) is 12.5 Å². The van der Waals surface area contributed by atoms with Gasteiger partial charge in [-0.15, -0.1) is 0 Å². The van der Waals surface area contributed by atoms with Crippen LogP contribution in [0.1, 0.15) is 56.2 Å². The van der Waals surface area contributed by atoms with Crippen molar-refractivity contribution >= 4 is 29.1 Å². The maximum atomic E-state index is 13.7. The maximum Gasteiger partial charge on any atom is 0.459 e. The fourth-order valence-corrected chi connectivity index (χ4v) is 4.53. The Bertz CT molecular complexity index is 1700. The van der Waals surface area contributed by atoms with Crippen LogP contribution < -0.4 is 10.6 Å². The zero-order valence-corrected chi connectivity index (χ0v) is 23.5. The van der Waals surface area contributed by atoms with Crippen molar-refractivity contribution in [2.75, 3.05) is 11.9 Å². The van der Waals surface area contributed by atoms with Gasteiger partial charge in [0.1, 0.15) is 12.2 Å². The Morgan fingerprint density at radius 2 is 1.79 bits per heavy atom. The number of carbonyl (C=O) groups excluding carboxylic acids is 2. The summed E-state index contributed by atoms with van der Waals surface area (Å²) in [5, 5.41) is 17.0. The number of nitrogens with zero attached hydrogens (tertiary/aromatic N) is 6. The van der Waals surface area contributed by atoms with Gasteiger partial charge in [0.2, 0.25) is 0 Å². The third kappa shape index (κ3) is 6.35. The van der Waals surface area contributed by atoms with E-state index in [4.69, 9.17) is 11.6 Å². The van der Waals surface area contributed by atoms with E-state index in [0.29, 0.717) is 39.6 Å². The SMILES string of the molecule is Cc1cccnc1-n1nc(Cn2ncc(C(F)(F)C(F)(F)F)n2)cc1C(=O)Nc1c(C)cc(Cl)cc1C(=O)NCC1CC1. The van der Waals surface area contributed by atoms with E-state index in [1.165, 1.54) is 23.0 Å². The summed E-state index contributed by atoms with van der Waals surface area (Å²) in [6, 6.07) is 7.71. The van der Waals surface area contributed by atoms with Crippen molar-refractivity contribution in [1.82, 2.24) is 35.1 Å². The Morgan fingerprint density at radius 3 is 2.47 bits per heavy atom. The van der Waals surface area contributed by atoms with Crippen LogP contribution in [0.25, 0.3) is 5.82 Å². The van der Waals surface area contributed by atoms with Crippen molar-refractivity contribution in [3.8, 4) is 5.82 Å². The molecule has 2 amide bonds. The summed E-state index contributed by atoms with van der Waals surface area (Å²) in [6.07, 6.45) is -2.02. The van der Waals surface area contributed by atoms with Crippen LogP contribution in [0.2, 0.25) is 5.02 Å². The quantitative estimate of drug-likeness (QED) is 0.247. The zero-order chi connectivity index (χ0) is 31.1. The molecule has 3 heterocycles. The van der Waals surface area contributed by atoms with Crippen molar-refractivity contribution in [1.29, 1.82) is 0 Å². The molecule has 0 radical (unpaired) electrons. The first kappa shape index (κ1) is 30.1. The molecular formula is C27H24ClF5N8O2. The Hall–Kier alpha value is -4.40. The molecule has 4 aromatic rings. The summed E-state index contributed by atoms with van der Waals surface area (Å²) in [5.74, 6) is -5.66. The normalized spacial score (nSPS) is 13.7.